The van der Waals surface area contributed by atoms with Crippen molar-refractivity contribution in [1.29, 1.82) is 0 Å². The molecule has 166 valence electrons. The van der Waals surface area contributed by atoms with Crippen LogP contribution in [0.3, 0.4) is 0 Å². The van der Waals surface area contributed by atoms with Gasteiger partial charge in [0.15, 0.2) is 11.9 Å². The molecule has 0 saturated carbocycles. The van der Waals surface area contributed by atoms with Gasteiger partial charge in [-0.05, 0) is 61.9 Å². The molecular formula is C23H21ClN2O6. The number of carbonyl (C=O) groups excluding carboxylic acids is 3. The van der Waals surface area contributed by atoms with Crippen LogP contribution < -0.4 is 15.4 Å². The van der Waals surface area contributed by atoms with Gasteiger partial charge in [0.2, 0.25) is 0 Å². The molecular weight excluding hydrogens is 436 g/mol. The van der Waals surface area contributed by atoms with Gasteiger partial charge in [0, 0.05) is 16.8 Å². The zero-order chi connectivity index (χ0) is 23.3. The van der Waals surface area contributed by atoms with Gasteiger partial charge in [-0.2, -0.15) is 0 Å². The quantitative estimate of drug-likeness (QED) is 0.499. The minimum atomic E-state index is -1.07. The first-order valence-corrected chi connectivity index (χ1v) is 9.97. The normalized spacial score (nSPS) is 11.4. The summed E-state index contributed by atoms with van der Waals surface area (Å²) in [4.78, 5) is 36.9. The number of halogens is 1. The fraction of sp³-hybridized carbons (Fsp3) is 0.174. The Morgan fingerprint density at radius 3 is 2.41 bits per heavy atom. The van der Waals surface area contributed by atoms with E-state index in [0.29, 0.717) is 22.1 Å². The lowest BCUT2D eigenvalue weighted by atomic mass is 10.2. The van der Waals surface area contributed by atoms with Crippen molar-refractivity contribution in [1.82, 2.24) is 0 Å². The molecule has 0 spiro atoms. The first-order valence-electron chi connectivity index (χ1n) is 9.59. The minimum Gasteiger partial charge on any atom is -0.495 e. The van der Waals surface area contributed by atoms with Crippen LogP contribution in [0.5, 0.6) is 5.75 Å². The first kappa shape index (κ1) is 22.9. The average molecular weight is 457 g/mol. The van der Waals surface area contributed by atoms with Gasteiger partial charge in [-0.1, -0.05) is 11.6 Å². The maximum atomic E-state index is 12.5. The molecule has 2 N–H and O–H groups in total. The summed E-state index contributed by atoms with van der Waals surface area (Å²) in [6.45, 7) is 3.25. The van der Waals surface area contributed by atoms with Gasteiger partial charge in [0.05, 0.1) is 24.6 Å². The molecule has 1 atom stereocenters. The summed E-state index contributed by atoms with van der Waals surface area (Å²) in [6.07, 6.45) is 0.330. The predicted molar refractivity (Wildman–Crippen MR) is 119 cm³/mol. The Hall–Kier alpha value is -3.78. The lowest BCUT2D eigenvalue weighted by Gasteiger charge is -2.16. The Morgan fingerprint density at radius 2 is 1.78 bits per heavy atom. The topological polar surface area (TPSA) is 107 Å². The molecule has 0 radical (unpaired) electrons. The third-order valence-corrected chi connectivity index (χ3v) is 4.92. The highest BCUT2D eigenvalue weighted by molar-refractivity contribution is 6.31. The molecule has 3 aromatic rings. The van der Waals surface area contributed by atoms with E-state index in [2.05, 4.69) is 10.6 Å². The molecule has 32 heavy (non-hydrogen) atoms. The fourth-order valence-corrected chi connectivity index (χ4v) is 2.89. The van der Waals surface area contributed by atoms with Gasteiger partial charge in [-0.3, -0.25) is 9.59 Å². The second kappa shape index (κ2) is 10.0. The molecule has 1 heterocycles. The van der Waals surface area contributed by atoms with Crippen molar-refractivity contribution < 1.29 is 28.3 Å². The SMILES string of the molecule is COc1cc(Cl)c(C)cc1NC(=O)C(C)OC(=O)c1ccc(NC(=O)c2ccco2)cc1. The summed E-state index contributed by atoms with van der Waals surface area (Å²) < 4.78 is 15.5. The van der Waals surface area contributed by atoms with Crippen LogP contribution in [-0.4, -0.2) is 31.0 Å². The zero-order valence-electron chi connectivity index (χ0n) is 17.6. The molecule has 2 amide bonds. The molecule has 9 heteroatoms. The van der Waals surface area contributed by atoms with Gasteiger partial charge in [-0.25, -0.2) is 4.79 Å². The van der Waals surface area contributed by atoms with Gasteiger partial charge in [0.25, 0.3) is 11.8 Å². The average Bonchev–Trinajstić information content (AvgIpc) is 3.31. The number of rotatable bonds is 7. The summed E-state index contributed by atoms with van der Waals surface area (Å²) in [6, 6.07) is 12.5. The standard InChI is InChI=1S/C23H21ClN2O6/c1-13-11-18(20(30-3)12-17(13)24)26-21(27)14(2)32-23(29)15-6-8-16(9-7-15)25-22(28)19-5-4-10-31-19/h4-12,14H,1-3H3,(H,25,28)(H,26,27). The van der Waals surface area contributed by atoms with Crippen LogP contribution in [-0.2, 0) is 9.53 Å². The fourth-order valence-electron chi connectivity index (χ4n) is 2.74. The Kier molecular flexibility index (Phi) is 7.17. The van der Waals surface area contributed by atoms with Gasteiger partial charge in [-0.15, -0.1) is 0 Å². The molecule has 0 fully saturated rings. The summed E-state index contributed by atoms with van der Waals surface area (Å²) in [5, 5.41) is 5.82. The maximum absolute atomic E-state index is 12.5. The number of amides is 2. The number of esters is 1. The van der Waals surface area contributed by atoms with Crippen LogP contribution in [0.4, 0.5) is 11.4 Å². The van der Waals surface area contributed by atoms with Gasteiger partial charge >= 0.3 is 5.97 Å². The van der Waals surface area contributed by atoms with Crippen molar-refractivity contribution in [3.05, 3.63) is 76.7 Å². The van der Waals surface area contributed by atoms with Gasteiger partial charge in [0.1, 0.15) is 5.75 Å². The number of hydrogen-bond acceptors (Lipinski definition) is 6. The summed E-state index contributed by atoms with van der Waals surface area (Å²) in [5.74, 6) is -1.07. The number of carbonyl (C=O) groups is 3. The van der Waals surface area contributed by atoms with E-state index >= 15 is 0 Å². The van der Waals surface area contributed by atoms with Crippen molar-refractivity contribution >= 4 is 40.8 Å². The van der Waals surface area contributed by atoms with Crippen LogP contribution in [0, 0.1) is 6.92 Å². The number of hydrogen-bond donors (Lipinski definition) is 2. The summed E-state index contributed by atoms with van der Waals surface area (Å²) in [5.41, 5.74) is 1.87. The second-order valence-electron chi connectivity index (χ2n) is 6.85. The maximum Gasteiger partial charge on any atom is 0.338 e. The van der Waals surface area contributed by atoms with Crippen LogP contribution in [0.2, 0.25) is 5.02 Å². The molecule has 3 rings (SSSR count). The largest absolute Gasteiger partial charge is 0.495 e. The molecule has 2 aromatic carbocycles. The highest BCUT2D eigenvalue weighted by atomic mass is 35.5. The summed E-state index contributed by atoms with van der Waals surface area (Å²) in [7, 11) is 1.46. The van der Waals surface area contributed by atoms with E-state index in [-0.39, 0.29) is 11.3 Å². The first-order chi connectivity index (χ1) is 15.3. The number of benzene rings is 2. The number of aryl methyl sites for hydroxylation is 1. The van der Waals surface area contributed by atoms with Crippen LogP contribution in [0.25, 0.3) is 0 Å². The molecule has 8 nitrogen and oxygen atoms in total. The third kappa shape index (κ3) is 5.47. The van der Waals surface area contributed by atoms with Crippen molar-refractivity contribution in [2.24, 2.45) is 0 Å². The van der Waals surface area contributed by atoms with E-state index < -0.39 is 23.9 Å². The molecule has 1 aromatic heterocycles. The summed E-state index contributed by atoms with van der Waals surface area (Å²) >= 11 is 6.08. The number of anilines is 2. The zero-order valence-corrected chi connectivity index (χ0v) is 18.4. The molecule has 0 aliphatic rings. The second-order valence-corrected chi connectivity index (χ2v) is 7.25. The van der Waals surface area contributed by atoms with E-state index in [9.17, 15) is 14.4 Å². The van der Waals surface area contributed by atoms with Crippen molar-refractivity contribution in [3.63, 3.8) is 0 Å². The Morgan fingerprint density at radius 1 is 1.06 bits per heavy atom. The van der Waals surface area contributed by atoms with Crippen molar-refractivity contribution in [2.75, 3.05) is 17.7 Å². The van der Waals surface area contributed by atoms with Gasteiger partial charge < -0.3 is 24.5 Å². The Balaban J connectivity index is 1.59. The minimum absolute atomic E-state index is 0.167. The number of nitrogens with one attached hydrogen (secondary N) is 2. The molecule has 0 saturated heterocycles. The monoisotopic (exact) mass is 456 g/mol. The highest BCUT2D eigenvalue weighted by Gasteiger charge is 2.21. The lowest BCUT2D eigenvalue weighted by Crippen LogP contribution is -2.30. The molecule has 1 unspecified atom stereocenters. The highest BCUT2D eigenvalue weighted by Crippen LogP contribution is 2.31. The van der Waals surface area contributed by atoms with E-state index in [0.717, 1.165) is 5.56 Å². The third-order valence-electron chi connectivity index (χ3n) is 4.52. The van der Waals surface area contributed by atoms with E-state index in [1.165, 1.54) is 38.5 Å². The smallest absolute Gasteiger partial charge is 0.338 e. The number of methoxy groups -OCH3 is 1. The van der Waals surface area contributed by atoms with Crippen LogP contribution in [0.1, 0.15) is 33.4 Å². The van der Waals surface area contributed by atoms with E-state index in [1.807, 2.05) is 0 Å². The predicted octanol–water partition coefficient (Wildman–Crippen LogP) is 4.69. The number of ether oxygens (including phenoxy) is 2. The van der Waals surface area contributed by atoms with E-state index in [1.54, 1.807) is 37.3 Å². The lowest BCUT2D eigenvalue weighted by molar-refractivity contribution is -0.123. The van der Waals surface area contributed by atoms with Crippen LogP contribution in [0.15, 0.2) is 59.2 Å². The number of furan rings is 1. The Labute approximate surface area is 189 Å². The Bertz CT molecular complexity index is 1130. The van der Waals surface area contributed by atoms with Crippen LogP contribution >= 0.6 is 11.6 Å². The molecule has 0 bridgehead atoms. The molecule has 0 aliphatic carbocycles. The van der Waals surface area contributed by atoms with Crippen molar-refractivity contribution in [3.8, 4) is 5.75 Å². The van der Waals surface area contributed by atoms with Crippen molar-refractivity contribution in [2.45, 2.75) is 20.0 Å². The van der Waals surface area contributed by atoms with E-state index in [4.69, 9.17) is 25.5 Å². The molecule has 0 aliphatic heterocycles.